The molecule has 0 bridgehead atoms. The van der Waals surface area contributed by atoms with Crippen LogP contribution in [0.15, 0.2) is 18.3 Å². The monoisotopic (exact) mass is 205 g/mol. The van der Waals surface area contributed by atoms with E-state index < -0.39 is 5.97 Å². The van der Waals surface area contributed by atoms with E-state index in [9.17, 15) is 9.90 Å². The van der Waals surface area contributed by atoms with Gasteiger partial charge in [-0.25, -0.2) is 4.79 Å². The lowest BCUT2D eigenvalue weighted by atomic mass is 10.1. The Bertz CT molecular complexity index is 554. The van der Waals surface area contributed by atoms with Crippen LogP contribution in [0.2, 0.25) is 0 Å². The molecule has 0 unspecified atom stereocenters. The maximum absolute atomic E-state index is 11.0. The summed E-state index contributed by atoms with van der Waals surface area (Å²) in [6.45, 7) is 1.83. The van der Waals surface area contributed by atoms with Gasteiger partial charge in [0.15, 0.2) is 0 Å². The van der Waals surface area contributed by atoms with Gasteiger partial charge >= 0.3 is 5.97 Å². The Hall–Kier alpha value is -1.97. The minimum Gasteiger partial charge on any atom is -0.506 e. The van der Waals surface area contributed by atoms with E-state index in [0.717, 1.165) is 5.56 Å². The minimum atomic E-state index is -0.978. The number of hydrogen-bond acceptors (Lipinski definition) is 2. The van der Waals surface area contributed by atoms with Crippen molar-refractivity contribution in [1.82, 2.24) is 4.57 Å². The van der Waals surface area contributed by atoms with Crippen molar-refractivity contribution in [3.05, 3.63) is 29.5 Å². The summed E-state index contributed by atoms with van der Waals surface area (Å²) in [6.07, 6.45) is 1.51. The first-order valence-corrected chi connectivity index (χ1v) is 4.53. The second kappa shape index (κ2) is 3.02. The molecule has 2 aromatic rings. The molecule has 4 nitrogen and oxygen atoms in total. The summed E-state index contributed by atoms with van der Waals surface area (Å²) in [5, 5.41) is 19.3. The van der Waals surface area contributed by atoms with Gasteiger partial charge in [0.05, 0.1) is 11.1 Å². The number of aryl methyl sites for hydroxylation is 2. The number of rotatable bonds is 1. The number of aromatic hydroxyl groups is 1. The maximum Gasteiger partial charge on any atom is 0.337 e. The molecule has 0 saturated heterocycles. The zero-order chi connectivity index (χ0) is 11.2. The van der Waals surface area contributed by atoms with Gasteiger partial charge in [0.1, 0.15) is 5.75 Å². The highest BCUT2D eigenvalue weighted by Crippen LogP contribution is 2.31. The van der Waals surface area contributed by atoms with Gasteiger partial charge in [-0.3, -0.25) is 0 Å². The molecule has 0 aliphatic carbocycles. The van der Waals surface area contributed by atoms with Gasteiger partial charge in [-0.2, -0.15) is 0 Å². The Balaban J connectivity index is 2.98. The van der Waals surface area contributed by atoms with Gasteiger partial charge < -0.3 is 14.8 Å². The highest BCUT2D eigenvalue weighted by atomic mass is 16.4. The summed E-state index contributed by atoms with van der Waals surface area (Å²) >= 11 is 0. The lowest BCUT2D eigenvalue weighted by molar-refractivity contribution is 0.0699. The number of aromatic nitrogens is 1. The third-order valence-corrected chi connectivity index (χ3v) is 2.54. The van der Waals surface area contributed by atoms with Gasteiger partial charge in [-0.1, -0.05) is 6.07 Å². The lowest BCUT2D eigenvalue weighted by Crippen LogP contribution is -1.94. The third kappa shape index (κ3) is 1.26. The summed E-state index contributed by atoms with van der Waals surface area (Å²) in [6, 6.07) is 3.29. The van der Waals surface area contributed by atoms with E-state index in [-0.39, 0.29) is 11.3 Å². The smallest absolute Gasteiger partial charge is 0.337 e. The van der Waals surface area contributed by atoms with Crippen molar-refractivity contribution in [3.63, 3.8) is 0 Å². The SMILES string of the molecule is Cc1ccc(O)c2c1c(C(=O)O)cn2C. The number of carboxylic acid groups (broad SMARTS) is 1. The van der Waals surface area contributed by atoms with E-state index in [1.807, 2.05) is 6.92 Å². The number of carbonyl (C=O) groups is 1. The Morgan fingerprint density at radius 3 is 2.67 bits per heavy atom. The molecule has 4 heteroatoms. The molecule has 0 atom stereocenters. The number of fused-ring (bicyclic) bond motifs is 1. The number of aromatic carboxylic acids is 1. The topological polar surface area (TPSA) is 62.5 Å². The van der Waals surface area contributed by atoms with Crippen LogP contribution in [0.25, 0.3) is 10.9 Å². The van der Waals surface area contributed by atoms with Crippen LogP contribution in [0.3, 0.4) is 0 Å². The predicted molar refractivity (Wildman–Crippen MR) is 56.3 cm³/mol. The van der Waals surface area contributed by atoms with Crippen molar-refractivity contribution in [2.75, 3.05) is 0 Å². The average molecular weight is 205 g/mol. The standard InChI is InChI=1S/C11H11NO3/c1-6-3-4-8(13)10-9(6)7(11(14)15)5-12(10)2/h3-5,13H,1-2H3,(H,14,15). The largest absolute Gasteiger partial charge is 0.506 e. The second-order valence-corrected chi connectivity index (χ2v) is 3.58. The quantitative estimate of drug-likeness (QED) is 0.747. The van der Waals surface area contributed by atoms with E-state index in [1.165, 1.54) is 6.20 Å². The first-order valence-electron chi connectivity index (χ1n) is 4.53. The summed E-state index contributed by atoms with van der Waals surface area (Å²) in [7, 11) is 1.72. The molecule has 0 radical (unpaired) electrons. The molecule has 0 aliphatic rings. The normalized spacial score (nSPS) is 10.8. The van der Waals surface area contributed by atoms with Crippen LogP contribution in [0.4, 0.5) is 0 Å². The fourth-order valence-electron chi connectivity index (χ4n) is 1.86. The van der Waals surface area contributed by atoms with Crippen molar-refractivity contribution in [2.45, 2.75) is 6.92 Å². The number of hydrogen-bond donors (Lipinski definition) is 2. The van der Waals surface area contributed by atoms with E-state index in [0.29, 0.717) is 10.9 Å². The minimum absolute atomic E-state index is 0.102. The molecule has 1 aromatic heterocycles. The Labute approximate surface area is 86.4 Å². The van der Waals surface area contributed by atoms with Crippen molar-refractivity contribution >= 4 is 16.9 Å². The molecule has 0 fully saturated rings. The van der Waals surface area contributed by atoms with Crippen LogP contribution in [0.5, 0.6) is 5.75 Å². The van der Waals surface area contributed by atoms with Crippen LogP contribution in [0.1, 0.15) is 15.9 Å². The Kier molecular flexibility index (Phi) is 1.93. The van der Waals surface area contributed by atoms with Crippen LogP contribution in [0, 0.1) is 6.92 Å². The lowest BCUT2D eigenvalue weighted by Gasteiger charge is -2.02. The molecule has 15 heavy (non-hydrogen) atoms. The van der Waals surface area contributed by atoms with Gasteiger partial charge in [0.25, 0.3) is 0 Å². The van der Waals surface area contributed by atoms with Crippen LogP contribution in [-0.4, -0.2) is 20.7 Å². The summed E-state index contributed by atoms with van der Waals surface area (Å²) in [5.41, 5.74) is 1.63. The molecule has 0 aliphatic heterocycles. The zero-order valence-electron chi connectivity index (χ0n) is 8.48. The average Bonchev–Trinajstić information content (AvgIpc) is 2.51. The van der Waals surface area contributed by atoms with Gasteiger partial charge in [-0.05, 0) is 18.6 Å². The van der Waals surface area contributed by atoms with Gasteiger partial charge in [-0.15, -0.1) is 0 Å². The predicted octanol–water partition coefficient (Wildman–Crippen LogP) is 1.89. The van der Waals surface area contributed by atoms with E-state index in [2.05, 4.69) is 0 Å². The number of benzene rings is 1. The molecule has 1 aromatic carbocycles. The Morgan fingerprint density at radius 1 is 1.40 bits per heavy atom. The number of nitrogens with zero attached hydrogens (tertiary/aromatic N) is 1. The van der Waals surface area contributed by atoms with Crippen molar-refractivity contribution in [2.24, 2.45) is 7.05 Å². The Morgan fingerprint density at radius 2 is 2.07 bits per heavy atom. The van der Waals surface area contributed by atoms with Gasteiger partial charge in [0.2, 0.25) is 0 Å². The molecule has 0 amide bonds. The second-order valence-electron chi connectivity index (χ2n) is 3.58. The molecular weight excluding hydrogens is 194 g/mol. The van der Waals surface area contributed by atoms with Crippen molar-refractivity contribution in [1.29, 1.82) is 0 Å². The third-order valence-electron chi connectivity index (χ3n) is 2.54. The highest BCUT2D eigenvalue weighted by Gasteiger charge is 2.16. The molecule has 78 valence electrons. The van der Waals surface area contributed by atoms with E-state index in [4.69, 9.17) is 5.11 Å². The fourth-order valence-corrected chi connectivity index (χ4v) is 1.86. The number of carboxylic acids is 1. The first-order chi connectivity index (χ1) is 7.02. The molecule has 0 spiro atoms. The summed E-state index contributed by atoms with van der Waals surface area (Å²) < 4.78 is 1.63. The van der Waals surface area contributed by atoms with Crippen LogP contribution >= 0.6 is 0 Å². The fraction of sp³-hybridized carbons (Fsp3) is 0.182. The zero-order valence-corrected chi connectivity index (χ0v) is 8.48. The van der Waals surface area contributed by atoms with Gasteiger partial charge in [0, 0.05) is 18.6 Å². The maximum atomic E-state index is 11.0. The summed E-state index contributed by atoms with van der Waals surface area (Å²) in [5.74, 6) is -0.875. The number of phenolic OH excluding ortho intramolecular Hbond substituents is 1. The summed E-state index contributed by atoms with van der Waals surface area (Å²) in [4.78, 5) is 11.0. The van der Waals surface area contributed by atoms with Crippen molar-refractivity contribution in [3.8, 4) is 5.75 Å². The van der Waals surface area contributed by atoms with E-state index >= 15 is 0 Å². The molecule has 2 rings (SSSR count). The van der Waals surface area contributed by atoms with Crippen LogP contribution < -0.4 is 0 Å². The first kappa shape index (κ1) is 9.58. The van der Waals surface area contributed by atoms with E-state index in [1.54, 1.807) is 23.7 Å². The molecule has 1 heterocycles. The number of phenols is 1. The molecule has 0 saturated carbocycles. The highest BCUT2D eigenvalue weighted by molar-refractivity contribution is 6.06. The van der Waals surface area contributed by atoms with Crippen LogP contribution in [-0.2, 0) is 7.05 Å². The molecular formula is C11H11NO3. The molecule has 2 N–H and O–H groups in total. The van der Waals surface area contributed by atoms with Crippen molar-refractivity contribution < 1.29 is 15.0 Å².